The van der Waals surface area contributed by atoms with Gasteiger partial charge in [0.1, 0.15) is 5.75 Å². The molecule has 0 spiro atoms. The molecule has 0 aromatic heterocycles. The zero-order chi connectivity index (χ0) is 27.7. The summed E-state index contributed by atoms with van der Waals surface area (Å²) < 4.78 is 12.5. The highest BCUT2D eigenvalue weighted by Crippen LogP contribution is 2.51. The minimum atomic E-state index is -1.02. The van der Waals surface area contributed by atoms with E-state index in [1.54, 1.807) is 31.4 Å². The normalized spacial score (nSPS) is 25.3. The molecule has 2 saturated heterocycles. The number of halogens is 1. The van der Waals surface area contributed by atoms with Crippen LogP contribution in [0.1, 0.15) is 38.2 Å². The molecule has 39 heavy (non-hydrogen) atoms. The van der Waals surface area contributed by atoms with Crippen LogP contribution in [0.2, 0.25) is 6.32 Å². The highest BCUT2D eigenvalue weighted by atomic mass is 79.9. The second-order valence-electron chi connectivity index (χ2n) is 10.5. The molecule has 2 aromatic rings. The van der Waals surface area contributed by atoms with Gasteiger partial charge in [0.25, 0.3) is 0 Å². The van der Waals surface area contributed by atoms with Gasteiger partial charge in [0, 0.05) is 17.1 Å². The second-order valence-corrected chi connectivity index (χ2v) is 11.4. The van der Waals surface area contributed by atoms with Crippen molar-refractivity contribution >= 4 is 46.6 Å². The molecule has 0 unspecified atom stereocenters. The van der Waals surface area contributed by atoms with Gasteiger partial charge in [0.2, 0.25) is 11.8 Å². The molecule has 0 bridgehead atoms. The van der Waals surface area contributed by atoms with Crippen LogP contribution in [-0.2, 0) is 19.0 Å². The summed E-state index contributed by atoms with van der Waals surface area (Å²) in [7, 11) is 0.603. The van der Waals surface area contributed by atoms with Crippen molar-refractivity contribution in [1.29, 1.82) is 0 Å². The number of hydrogen-bond acceptors (Lipinski definition) is 6. The molecule has 5 rings (SSSR count). The fraction of sp³-hybridized carbons (Fsp3) is 0.400. The van der Waals surface area contributed by atoms with Gasteiger partial charge in [-0.05, 0) is 79.4 Å². The molecule has 0 radical (unpaired) electrons. The number of benzene rings is 2. The number of imide groups is 1. The van der Waals surface area contributed by atoms with Gasteiger partial charge in [0.15, 0.2) is 0 Å². The number of methoxy groups -OCH3 is 1. The number of allylic oxidation sites excluding steroid dienone is 1. The van der Waals surface area contributed by atoms with Gasteiger partial charge in [-0.1, -0.05) is 52.7 Å². The number of ether oxygens (including phenoxy) is 1. The van der Waals surface area contributed by atoms with Crippen molar-refractivity contribution in [2.45, 2.75) is 45.0 Å². The van der Waals surface area contributed by atoms with Crippen LogP contribution < -0.4 is 4.90 Å². The first-order valence-corrected chi connectivity index (χ1v) is 14.3. The molecule has 4 atom stereocenters. The zero-order valence-corrected chi connectivity index (χ0v) is 23.8. The van der Waals surface area contributed by atoms with Crippen LogP contribution in [0.4, 0.5) is 5.69 Å². The summed E-state index contributed by atoms with van der Waals surface area (Å²) >= 11 is 3.47. The van der Waals surface area contributed by atoms with E-state index in [1.807, 2.05) is 30.3 Å². The quantitative estimate of drug-likeness (QED) is 0.242. The van der Waals surface area contributed by atoms with Crippen LogP contribution in [0, 0.1) is 17.8 Å². The van der Waals surface area contributed by atoms with Crippen molar-refractivity contribution in [3.05, 3.63) is 75.3 Å². The van der Waals surface area contributed by atoms with Crippen LogP contribution in [0.25, 0.3) is 6.08 Å². The lowest BCUT2D eigenvalue weighted by atomic mass is 9.58. The number of carbonyl (C=O) groups is 2. The van der Waals surface area contributed by atoms with E-state index >= 15 is 0 Å². The molecule has 2 aromatic carbocycles. The number of para-hydroxylation sites is 1. The van der Waals surface area contributed by atoms with Gasteiger partial charge in [-0.3, -0.25) is 14.5 Å². The number of phenolic OH excluding ortho intramolecular Hbond substituents is 1. The lowest BCUT2D eigenvalue weighted by molar-refractivity contribution is -0.122. The van der Waals surface area contributed by atoms with Gasteiger partial charge in [-0.15, -0.1) is 0 Å². The lowest BCUT2D eigenvalue weighted by Crippen LogP contribution is -2.46. The highest BCUT2D eigenvalue weighted by molar-refractivity contribution is 9.10. The van der Waals surface area contributed by atoms with Crippen LogP contribution in [0.5, 0.6) is 5.75 Å². The SMILES string of the molecule is CC/C(=C\c1cc(Br)ccc1O)CC[C@H]1OB(O)C[C@H]2C1=C(COC)C[C@H]1C(=O)N(c3ccccc3)C(=O)[C@H]12. The lowest BCUT2D eigenvalue weighted by Gasteiger charge is -2.43. The summed E-state index contributed by atoms with van der Waals surface area (Å²) in [6.07, 6.45) is 4.39. The van der Waals surface area contributed by atoms with E-state index in [2.05, 4.69) is 22.9 Å². The Morgan fingerprint density at radius 1 is 1.18 bits per heavy atom. The smallest absolute Gasteiger partial charge is 0.455 e. The minimum absolute atomic E-state index is 0.189. The fourth-order valence-electron chi connectivity index (χ4n) is 6.43. The number of amides is 2. The average Bonchev–Trinajstić information content (AvgIpc) is 3.18. The van der Waals surface area contributed by atoms with Gasteiger partial charge in [0.05, 0.1) is 30.2 Å². The molecule has 2 amide bonds. The van der Waals surface area contributed by atoms with Gasteiger partial charge in [-0.25, -0.2) is 0 Å². The van der Waals surface area contributed by atoms with E-state index in [1.165, 1.54) is 4.90 Å². The maximum atomic E-state index is 13.8. The third kappa shape index (κ3) is 5.50. The molecule has 2 N–H and O–H groups in total. The first-order chi connectivity index (χ1) is 18.8. The van der Waals surface area contributed by atoms with E-state index in [9.17, 15) is 19.7 Å². The Hall–Kier alpha value is -2.72. The Morgan fingerprint density at radius 2 is 1.95 bits per heavy atom. The summed E-state index contributed by atoms with van der Waals surface area (Å²) in [5.41, 5.74) is 4.44. The van der Waals surface area contributed by atoms with E-state index in [4.69, 9.17) is 9.39 Å². The molecular formula is C30H33BBrNO6. The van der Waals surface area contributed by atoms with Crippen LogP contribution in [0.3, 0.4) is 0 Å². The number of carbonyl (C=O) groups excluding carboxylic acids is 2. The average molecular weight is 594 g/mol. The van der Waals surface area contributed by atoms with E-state index in [0.29, 0.717) is 31.6 Å². The third-order valence-corrected chi connectivity index (χ3v) is 8.67. The summed E-state index contributed by atoms with van der Waals surface area (Å²) in [6.45, 7) is 2.42. The van der Waals surface area contributed by atoms with E-state index in [-0.39, 0.29) is 29.8 Å². The monoisotopic (exact) mass is 593 g/mol. The maximum absolute atomic E-state index is 13.8. The van der Waals surface area contributed by atoms with Crippen LogP contribution in [-0.4, -0.2) is 48.9 Å². The summed E-state index contributed by atoms with van der Waals surface area (Å²) in [4.78, 5) is 28.6. The van der Waals surface area contributed by atoms with Crippen molar-refractivity contribution < 1.29 is 29.1 Å². The topological polar surface area (TPSA) is 96.3 Å². The summed E-state index contributed by atoms with van der Waals surface area (Å²) in [5, 5.41) is 21.1. The predicted molar refractivity (Wildman–Crippen MR) is 154 cm³/mol. The second kappa shape index (κ2) is 11.8. The van der Waals surface area contributed by atoms with Crippen LogP contribution >= 0.6 is 15.9 Å². The largest absolute Gasteiger partial charge is 0.507 e. The molecule has 2 aliphatic heterocycles. The Morgan fingerprint density at radius 3 is 2.67 bits per heavy atom. The maximum Gasteiger partial charge on any atom is 0.455 e. The third-order valence-electron chi connectivity index (χ3n) is 8.17. The molecule has 204 valence electrons. The van der Waals surface area contributed by atoms with Gasteiger partial charge in [-0.2, -0.15) is 0 Å². The highest BCUT2D eigenvalue weighted by Gasteiger charge is 2.57. The fourth-order valence-corrected chi connectivity index (χ4v) is 6.81. The number of aromatic hydroxyl groups is 1. The summed E-state index contributed by atoms with van der Waals surface area (Å²) in [5.74, 6) is -1.49. The predicted octanol–water partition coefficient (Wildman–Crippen LogP) is 5.38. The molecular weight excluding hydrogens is 561 g/mol. The number of anilines is 1. The standard InChI is InChI=1S/C30H33BBrNO6/c1-3-18(13-19-14-21(32)10-11-25(19)34)9-12-26-27-20(17-38-2)15-23-28(24(27)16-31(37)39-26)30(36)33(29(23)35)22-7-5-4-6-8-22/h4-8,10-11,13-14,23-24,26,28,34,37H,3,9,12,15-17H2,1-2H3/b18-13+/t23-,24+,26-,28-/m1/s1. The Bertz CT molecular complexity index is 1310. The molecule has 2 heterocycles. The number of nitrogens with zero attached hydrogens (tertiary/aromatic N) is 1. The molecule has 2 fully saturated rings. The zero-order valence-electron chi connectivity index (χ0n) is 22.2. The van der Waals surface area contributed by atoms with Gasteiger partial charge < -0.3 is 19.5 Å². The number of rotatable bonds is 8. The van der Waals surface area contributed by atoms with Crippen molar-refractivity contribution in [1.82, 2.24) is 0 Å². The summed E-state index contributed by atoms with van der Waals surface area (Å²) in [6, 6.07) is 14.4. The van der Waals surface area contributed by atoms with Crippen molar-refractivity contribution in [3.63, 3.8) is 0 Å². The van der Waals surface area contributed by atoms with Gasteiger partial charge >= 0.3 is 7.12 Å². The molecule has 7 nitrogen and oxygen atoms in total. The number of fused-ring (bicyclic) bond motifs is 3. The number of hydrogen-bond donors (Lipinski definition) is 2. The molecule has 1 aliphatic carbocycles. The van der Waals surface area contributed by atoms with Crippen LogP contribution in [0.15, 0.2) is 69.7 Å². The van der Waals surface area contributed by atoms with E-state index < -0.39 is 25.1 Å². The Labute approximate surface area is 237 Å². The molecule has 0 saturated carbocycles. The number of phenols is 1. The Kier molecular flexibility index (Phi) is 8.42. The first-order valence-electron chi connectivity index (χ1n) is 13.5. The van der Waals surface area contributed by atoms with Crippen molar-refractivity contribution in [2.75, 3.05) is 18.6 Å². The van der Waals surface area contributed by atoms with Crippen molar-refractivity contribution in [2.24, 2.45) is 17.8 Å². The minimum Gasteiger partial charge on any atom is -0.507 e. The molecule has 3 aliphatic rings. The first kappa shape index (κ1) is 27.8. The molecule has 9 heteroatoms. The Balaban J connectivity index is 1.44. The van der Waals surface area contributed by atoms with Crippen molar-refractivity contribution in [3.8, 4) is 5.75 Å². The van der Waals surface area contributed by atoms with E-state index in [0.717, 1.165) is 33.2 Å².